The molecule has 0 saturated carbocycles. The topological polar surface area (TPSA) is 59.6 Å². The van der Waals surface area contributed by atoms with Gasteiger partial charge in [-0.25, -0.2) is 0 Å². The van der Waals surface area contributed by atoms with E-state index in [0.29, 0.717) is 26.4 Å². The lowest BCUT2D eigenvalue weighted by molar-refractivity contribution is -0.123. The van der Waals surface area contributed by atoms with E-state index in [-0.39, 0.29) is 11.9 Å². The van der Waals surface area contributed by atoms with Crippen LogP contribution in [0.1, 0.15) is 12.8 Å². The van der Waals surface area contributed by atoms with Crippen LogP contribution < -0.4 is 10.6 Å². The molecular formula is C10H20N2O3. The van der Waals surface area contributed by atoms with Crippen molar-refractivity contribution in [2.75, 3.05) is 40.0 Å². The Balaban J connectivity index is 1.92. The molecule has 1 rings (SSSR count). The van der Waals surface area contributed by atoms with Crippen molar-refractivity contribution in [1.82, 2.24) is 10.6 Å². The minimum atomic E-state index is 0.00368. The molecule has 1 heterocycles. The molecule has 1 saturated heterocycles. The molecule has 1 unspecified atom stereocenters. The molecule has 0 aromatic carbocycles. The molecule has 0 bridgehead atoms. The molecule has 1 fully saturated rings. The Kier molecular flexibility index (Phi) is 6.31. The lowest BCUT2D eigenvalue weighted by Crippen LogP contribution is -2.41. The maximum Gasteiger partial charge on any atom is 0.237 e. The molecule has 15 heavy (non-hydrogen) atoms. The highest BCUT2D eigenvalue weighted by Gasteiger charge is 2.20. The monoisotopic (exact) mass is 216 g/mol. The van der Waals surface area contributed by atoms with Gasteiger partial charge in [-0.1, -0.05) is 0 Å². The number of hydrogen-bond donors (Lipinski definition) is 2. The van der Waals surface area contributed by atoms with Crippen molar-refractivity contribution in [2.45, 2.75) is 18.9 Å². The lowest BCUT2D eigenvalue weighted by atomic mass is 10.2. The Morgan fingerprint density at radius 1 is 1.47 bits per heavy atom. The maximum atomic E-state index is 11.5. The molecule has 0 aromatic heterocycles. The largest absolute Gasteiger partial charge is 0.382 e. The second-order valence-electron chi connectivity index (χ2n) is 3.55. The van der Waals surface area contributed by atoms with E-state index in [1.165, 1.54) is 0 Å². The quantitative estimate of drug-likeness (QED) is 0.564. The second-order valence-corrected chi connectivity index (χ2v) is 3.55. The standard InChI is InChI=1S/C10H20N2O3/c1-14-7-8-15-6-5-12-10(13)9-3-2-4-11-9/h9,11H,2-8H2,1H3,(H,12,13). The molecule has 1 aliphatic rings. The summed E-state index contributed by atoms with van der Waals surface area (Å²) in [6.07, 6.45) is 2.03. The molecule has 1 atom stereocenters. The number of amides is 1. The van der Waals surface area contributed by atoms with Crippen molar-refractivity contribution < 1.29 is 14.3 Å². The number of hydrogen-bond acceptors (Lipinski definition) is 4. The molecule has 0 spiro atoms. The van der Waals surface area contributed by atoms with E-state index in [9.17, 15) is 4.79 Å². The summed E-state index contributed by atoms with van der Waals surface area (Å²) < 4.78 is 10.1. The fourth-order valence-electron chi connectivity index (χ4n) is 1.52. The molecule has 0 aromatic rings. The van der Waals surface area contributed by atoms with E-state index in [1.54, 1.807) is 7.11 Å². The van der Waals surface area contributed by atoms with Crippen LogP contribution in [0.4, 0.5) is 0 Å². The van der Waals surface area contributed by atoms with Crippen LogP contribution in [0.2, 0.25) is 0 Å². The van der Waals surface area contributed by atoms with Gasteiger partial charge in [0.2, 0.25) is 5.91 Å². The number of rotatable bonds is 7. The first-order chi connectivity index (χ1) is 7.34. The molecule has 0 radical (unpaired) electrons. The summed E-state index contributed by atoms with van der Waals surface area (Å²) in [4.78, 5) is 11.5. The smallest absolute Gasteiger partial charge is 0.237 e. The van der Waals surface area contributed by atoms with Crippen molar-refractivity contribution in [3.05, 3.63) is 0 Å². The Morgan fingerprint density at radius 2 is 2.33 bits per heavy atom. The summed E-state index contributed by atoms with van der Waals surface area (Å²) in [6.45, 7) is 3.23. The van der Waals surface area contributed by atoms with Crippen molar-refractivity contribution >= 4 is 5.91 Å². The summed E-state index contributed by atoms with van der Waals surface area (Å²) in [5.74, 6) is 0.0860. The van der Waals surface area contributed by atoms with E-state index in [4.69, 9.17) is 9.47 Å². The third-order valence-corrected chi connectivity index (χ3v) is 2.35. The Labute approximate surface area is 90.5 Å². The summed E-state index contributed by atoms with van der Waals surface area (Å²) in [5.41, 5.74) is 0. The predicted octanol–water partition coefficient (Wildman–Crippen LogP) is -0.482. The third kappa shape index (κ3) is 5.11. The first-order valence-corrected chi connectivity index (χ1v) is 5.42. The molecule has 1 amide bonds. The first kappa shape index (κ1) is 12.4. The van der Waals surface area contributed by atoms with Crippen molar-refractivity contribution in [3.8, 4) is 0 Å². The van der Waals surface area contributed by atoms with E-state index in [2.05, 4.69) is 10.6 Å². The molecule has 5 heteroatoms. The zero-order valence-electron chi connectivity index (χ0n) is 9.25. The van der Waals surface area contributed by atoms with Gasteiger partial charge in [-0.15, -0.1) is 0 Å². The fraction of sp³-hybridized carbons (Fsp3) is 0.900. The number of carbonyl (C=O) groups excluding carboxylic acids is 1. The molecule has 5 nitrogen and oxygen atoms in total. The highest BCUT2D eigenvalue weighted by atomic mass is 16.5. The van der Waals surface area contributed by atoms with Crippen molar-refractivity contribution in [3.63, 3.8) is 0 Å². The number of ether oxygens (including phenoxy) is 2. The summed E-state index contributed by atoms with van der Waals surface area (Å²) in [5, 5.41) is 5.98. The summed E-state index contributed by atoms with van der Waals surface area (Å²) in [7, 11) is 1.64. The highest BCUT2D eigenvalue weighted by Crippen LogP contribution is 2.03. The normalized spacial score (nSPS) is 20.5. The molecular weight excluding hydrogens is 196 g/mol. The zero-order valence-corrected chi connectivity index (χ0v) is 9.25. The van der Waals surface area contributed by atoms with Crippen LogP contribution in [-0.2, 0) is 14.3 Å². The average molecular weight is 216 g/mol. The van der Waals surface area contributed by atoms with E-state index < -0.39 is 0 Å². The minimum Gasteiger partial charge on any atom is -0.382 e. The van der Waals surface area contributed by atoms with Crippen LogP contribution in [0.15, 0.2) is 0 Å². The lowest BCUT2D eigenvalue weighted by Gasteiger charge is -2.10. The van der Waals surface area contributed by atoms with Crippen LogP contribution in [0.3, 0.4) is 0 Å². The van der Waals surface area contributed by atoms with Crippen molar-refractivity contribution in [2.24, 2.45) is 0 Å². The molecule has 1 aliphatic heterocycles. The van der Waals surface area contributed by atoms with Crippen LogP contribution >= 0.6 is 0 Å². The molecule has 2 N–H and O–H groups in total. The SMILES string of the molecule is COCCOCCNC(=O)C1CCCN1. The van der Waals surface area contributed by atoms with Crippen LogP contribution in [0, 0.1) is 0 Å². The number of nitrogens with one attached hydrogen (secondary N) is 2. The Hall–Kier alpha value is -0.650. The Bertz CT molecular complexity index is 182. The van der Waals surface area contributed by atoms with E-state index in [0.717, 1.165) is 19.4 Å². The average Bonchev–Trinajstić information content (AvgIpc) is 2.76. The second kappa shape index (κ2) is 7.62. The number of methoxy groups -OCH3 is 1. The zero-order chi connectivity index (χ0) is 10.9. The maximum absolute atomic E-state index is 11.5. The first-order valence-electron chi connectivity index (χ1n) is 5.42. The van der Waals surface area contributed by atoms with Gasteiger partial charge in [-0.3, -0.25) is 4.79 Å². The highest BCUT2D eigenvalue weighted by molar-refractivity contribution is 5.81. The van der Waals surface area contributed by atoms with Crippen LogP contribution in [0.25, 0.3) is 0 Å². The number of carbonyl (C=O) groups is 1. The Morgan fingerprint density at radius 3 is 3.00 bits per heavy atom. The van der Waals surface area contributed by atoms with Gasteiger partial charge in [-0.05, 0) is 19.4 Å². The summed E-state index contributed by atoms with van der Waals surface area (Å²) >= 11 is 0. The van der Waals surface area contributed by atoms with Crippen LogP contribution in [0.5, 0.6) is 0 Å². The minimum absolute atomic E-state index is 0.00368. The van der Waals surface area contributed by atoms with Crippen LogP contribution in [-0.4, -0.2) is 52.0 Å². The van der Waals surface area contributed by atoms with Gasteiger partial charge in [-0.2, -0.15) is 0 Å². The third-order valence-electron chi connectivity index (χ3n) is 2.35. The van der Waals surface area contributed by atoms with Gasteiger partial charge in [0.25, 0.3) is 0 Å². The molecule has 0 aliphatic carbocycles. The van der Waals surface area contributed by atoms with Gasteiger partial charge < -0.3 is 20.1 Å². The van der Waals surface area contributed by atoms with Crippen molar-refractivity contribution in [1.29, 1.82) is 0 Å². The van der Waals surface area contributed by atoms with E-state index >= 15 is 0 Å². The summed E-state index contributed by atoms with van der Waals surface area (Å²) in [6, 6.07) is 0.00368. The fourth-order valence-corrected chi connectivity index (χ4v) is 1.52. The van der Waals surface area contributed by atoms with Gasteiger partial charge in [0, 0.05) is 13.7 Å². The van der Waals surface area contributed by atoms with Gasteiger partial charge in [0.1, 0.15) is 0 Å². The van der Waals surface area contributed by atoms with Gasteiger partial charge >= 0.3 is 0 Å². The van der Waals surface area contributed by atoms with Gasteiger partial charge in [0.05, 0.1) is 25.9 Å². The van der Waals surface area contributed by atoms with E-state index in [1.807, 2.05) is 0 Å². The molecule has 88 valence electrons. The van der Waals surface area contributed by atoms with Gasteiger partial charge in [0.15, 0.2) is 0 Å². The predicted molar refractivity (Wildman–Crippen MR) is 56.7 cm³/mol.